The smallest absolute Gasteiger partial charge is 0.324 e. The molecule has 19 heavy (non-hydrogen) atoms. The van der Waals surface area contributed by atoms with Gasteiger partial charge in [0.2, 0.25) is 0 Å². The summed E-state index contributed by atoms with van der Waals surface area (Å²) >= 11 is 0. The molecule has 0 aromatic heterocycles. The predicted octanol–water partition coefficient (Wildman–Crippen LogP) is 2.02. The summed E-state index contributed by atoms with van der Waals surface area (Å²) in [4.78, 5) is 26.3. The van der Waals surface area contributed by atoms with Gasteiger partial charge in [0.15, 0.2) is 0 Å². The highest BCUT2D eigenvalue weighted by molar-refractivity contribution is 5.96. The summed E-state index contributed by atoms with van der Waals surface area (Å²) in [6.45, 7) is 4.33. The van der Waals surface area contributed by atoms with Gasteiger partial charge in [0.1, 0.15) is 0 Å². The van der Waals surface area contributed by atoms with Crippen molar-refractivity contribution in [2.75, 3.05) is 18.5 Å². The molecule has 102 valence electrons. The molecule has 2 rings (SSSR count). The topological polar surface area (TPSA) is 60.9 Å². The number of hydrogen-bond acceptors (Lipinski definition) is 2. The van der Waals surface area contributed by atoms with Crippen LogP contribution in [0.3, 0.4) is 0 Å². The molecule has 0 bridgehead atoms. The van der Waals surface area contributed by atoms with Gasteiger partial charge in [0.25, 0.3) is 0 Å². The molecule has 1 N–H and O–H groups in total. The second-order valence-electron chi connectivity index (χ2n) is 5.07. The van der Waals surface area contributed by atoms with Crippen molar-refractivity contribution < 1.29 is 14.7 Å². The Balaban J connectivity index is 2.41. The average Bonchev–Trinajstić information content (AvgIpc) is 2.57. The van der Waals surface area contributed by atoms with Crippen LogP contribution in [0.15, 0.2) is 18.2 Å². The number of carboxylic acid groups (broad SMARTS) is 1. The molecule has 0 spiro atoms. The van der Waals surface area contributed by atoms with Gasteiger partial charge in [0, 0.05) is 19.3 Å². The molecule has 1 atom stereocenters. The van der Waals surface area contributed by atoms with E-state index in [1.54, 1.807) is 16.8 Å². The number of rotatable bonds is 3. The van der Waals surface area contributed by atoms with Gasteiger partial charge in [-0.05, 0) is 31.0 Å². The lowest BCUT2D eigenvalue weighted by molar-refractivity contribution is -0.137. The van der Waals surface area contributed by atoms with Gasteiger partial charge in [-0.25, -0.2) is 4.79 Å². The summed E-state index contributed by atoms with van der Waals surface area (Å²) in [6, 6.07) is 5.42. The largest absolute Gasteiger partial charge is 0.481 e. The van der Waals surface area contributed by atoms with Crippen LogP contribution in [0.5, 0.6) is 0 Å². The highest BCUT2D eigenvalue weighted by atomic mass is 16.4. The Bertz CT molecular complexity index is 527. The number of amides is 2. The van der Waals surface area contributed by atoms with Crippen LogP contribution in [-0.4, -0.2) is 41.6 Å². The van der Waals surface area contributed by atoms with E-state index in [-0.39, 0.29) is 18.5 Å². The van der Waals surface area contributed by atoms with Gasteiger partial charge in [-0.1, -0.05) is 12.1 Å². The molecule has 1 unspecified atom stereocenters. The molecule has 1 saturated heterocycles. The number of aryl methyl sites for hydroxylation is 2. The zero-order valence-electron chi connectivity index (χ0n) is 11.4. The molecule has 1 aromatic carbocycles. The number of hydrogen-bond donors (Lipinski definition) is 1. The SMILES string of the molecule is Cc1ccc(C)c(N2C(=O)N(C)CC2CC(=O)O)c1. The fourth-order valence-electron chi connectivity index (χ4n) is 2.45. The van der Waals surface area contributed by atoms with Gasteiger partial charge in [0.05, 0.1) is 12.5 Å². The van der Waals surface area contributed by atoms with E-state index in [2.05, 4.69) is 0 Å². The standard InChI is InChI=1S/C14H18N2O3/c1-9-4-5-10(2)12(6-9)16-11(7-13(17)18)8-15(3)14(16)19/h4-6,11H,7-8H2,1-3H3,(H,17,18). The molecule has 1 fully saturated rings. The number of urea groups is 1. The number of aliphatic carboxylic acids is 1. The number of benzene rings is 1. The molecular formula is C14H18N2O3. The fourth-order valence-corrected chi connectivity index (χ4v) is 2.45. The first-order valence-corrected chi connectivity index (χ1v) is 6.23. The maximum absolute atomic E-state index is 12.2. The van der Waals surface area contributed by atoms with Crippen LogP contribution in [0.25, 0.3) is 0 Å². The van der Waals surface area contributed by atoms with Crippen molar-refractivity contribution in [3.05, 3.63) is 29.3 Å². The van der Waals surface area contributed by atoms with Crippen LogP contribution in [0.2, 0.25) is 0 Å². The normalized spacial score (nSPS) is 19.1. The fraction of sp³-hybridized carbons (Fsp3) is 0.429. The molecule has 5 heteroatoms. The summed E-state index contributed by atoms with van der Waals surface area (Å²) in [7, 11) is 1.70. The van der Waals surface area contributed by atoms with Crippen molar-refractivity contribution in [2.24, 2.45) is 0 Å². The number of carbonyl (C=O) groups excluding carboxylic acids is 1. The number of carboxylic acids is 1. The summed E-state index contributed by atoms with van der Waals surface area (Å²) < 4.78 is 0. The van der Waals surface area contributed by atoms with Crippen molar-refractivity contribution in [1.82, 2.24) is 4.90 Å². The minimum Gasteiger partial charge on any atom is -0.481 e. The Labute approximate surface area is 112 Å². The molecule has 5 nitrogen and oxygen atoms in total. The summed E-state index contributed by atoms with van der Waals surface area (Å²) in [5.41, 5.74) is 2.84. The van der Waals surface area contributed by atoms with Crippen LogP contribution >= 0.6 is 0 Å². The molecule has 1 aromatic rings. The maximum Gasteiger partial charge on any atom is 0.324 e. The van der Waals surface area contributed by atoms with Crippen LogP contribution < -0.4 is 4.90 Å². The zero-order valence-corrected chi connectivity index (χ0v) is 11.4. The molecule has 1 aliphatic rings. The predicted molar refractivity (Wildman–Crippen MR) is 72.5 cm³/mol. The lowest BCUT2D eigenvalue weighted by Crippen LogP contribution is -2.36. The minimum absolute atomic E-state index is 0.0382. The van der Waals surface area contributed by atoms with Crippen molar-refractivity contribution in [1.29, 1.82) is 0 Å². The molecule has 0 saturated carbocycles. The van der Waals surface area contributed by atoms with Crippen LogP contribution in [-0.2, 0) is 4.79 Å². The highest BCUT2D eigenvalue weighted by Gasteiger charge is 2.37. The third-order valence-corrected chi connectivity index (χ3v) is 3.42. The van der Waals surface area contributed by atoms with E-state index in [9.17, 15) is 9.59 Å². The highest BCUT2D eigenvalue weighted by Crippen LogP contribution is 2.29. The third-order valence-electron chi connectivity index (χ3n) is 3.42. The molecule has 1 heterocycles. The Morgan fingerprint density at radius 1 is 1.42 bits per heavy atom. The van der Waals surface area contributed by atoms with E-state index in [4.69, 9.17) is 5.11 Å². The van der Waals surface area contributed by atoms with E-state index in [0.29, 0.717) is 6.54 Å². The molecule has 1 aliphatic heterocycles. The lowest BCUT2D eigenvalue weighted by Gasteiger charge is -2.24. The summed E-state index contributed by atoms with van der Waals surface area (Å²) in [6.07, 6.45) is -0.0382. The van der Waals surface area contributed by atoms with E-state index in [1.807, 2.05) is 32.0 Å². The summed E-state index contributed by atoms with van der Waals surface area (Å²) in [5, 5.41) is 8.98. The van der Waals surface area contributed by atoms with E-state index in [1.165, 1.54) is 0 Å². The number of nitrogens with zero attached hydrogens (tertiary/aromatic N) is 2. The van der Waals surface area contributed by atoms with Crippen molar-refractivity contribution in [3.63, 3.8) is 0 Å². The molecular weight excluding hydrogens is 244 g/mol. The minimum atomic E-state index is -0.886. The first-order valence-electron chi connectivity index (χ1n) is 6.23. The van der Waals surface area contributed by atoms with Gasteiger partial charge >= 0.3 is 12.0 Å². The Morgan fingerprint density at radius 2 is 2.11 bits per heavy atom. The van der Waals surface area contributed by atoms with E-state index in [0.717, 1.165) is 16.8 Å². The molecule has 0 radical (unpaired) electrons. The van der Waals surface area contributed by atoms with Gasteiger partial charge in [-0.2, -0.15) is 0 Å². The first-order chi connectivity index (χ1) is 8.90. The molecule has 0 aliphatic carbocycles. The number of anilines is 1. The van der Waals surface area contributed by atoms with Crippen molar-refractivity contribution in [2.45, 2.75) is 26.3 Å². The van der Waals surface area contributed by atoms with Crippen molar-refractivity contribution in [3.8, 4) is 0 Å². The van der Waals surface area contributed by atoms with Gasteiger partial charge in [-0.3, -0.25) is 9.69 Å². The van der Waals surface area contributed by atoms with E-state index < -0.39 is 5.97 Å². The average molecular weight is 262 g/mol. The monoisotopic (exact) mass is 262 g/mol. The Morgan fingerprint density at radius 3 is 2.74 bits per heavy atom. The lowest BCUT2D eigenvalue weighted by atomic mass is 10.1. The number of carbonyl (C=O) groups is 2. The second kappa shape index (κ2) is 4.91. The van der Waals surface area contributed by atoms with E-state index >= 15 is 0 Å². The Hall–Kier alpha value is -2.04. The van der Waals surface area contributed by atoms with Crippen molar-refractivity contribution >= 4 is 17.7 Å². The number of likely N-dealkylation sites (N-methyl/N-ethyl adjacent to an activating group) is 1. The van der Waals surface area contributed by atoms with Crippen LogP contribution in [0.1, 0.15) is 17.5 Å². The quantitative estimate of drug-likeness (QED) is 0.906. The first kappa shape index (κ1) is 13.4. The second-order valence-corrected chi connectivity index (χ2v) is 5.07. The molecule has 2 amide bonds. The van der Waals surface area contributed by atoms with Crippen LogP contribution in [0.4, 0.5) is 10.5 Å². The Kier molecular flexibility index (Phi) is 3.46. The third kappa shape index (κ3) is 2.54. The van der Waals surface area contributed by atoms with Gasteiger partial charge < -0.3 is 10.0 Å². The maximum atomic E-state index is 12.2. The zero-order chi connectivity index (χ0) is 14.2. The van der Waals surface area contributed by atoms with Gasteiger partial charge in [-0.15, -0.1) is 0 Å². The summed E-state index contributed by atoms with van der Waals surface area (Å²) in [5.74, 6) is -0.886. The van der Waals surface area contributed by atoms with Crippen LogP contribution in [0, 0.1) is 13.8 Å².